The van der Waals surface area contributed by atoms with Gasteiger partial charge in [-0.05, 0) is 69.6 Å². The molecule has 0 saturated carbocycles. The van der Waals surface area contributed by atoms with Gasteiger partial charge in [0.15, 0.2) is 29.5 Å². The lowest BCUT2D eigenvalue weighted by Gasteiger charge is -2.33. The molecule has 9 aromatic rings. The molecule has 1 unspecified atom stereocenters. The van der Waals surface area contributed by atoms with Crippen LogP contribution < -0.4 is 0 Å². The third-order valence-electron chi connectivity index (χ3n) is 11.3. The number of hydrogen-bond donors (Lipinski definition) is 0. The van der Waals surface area contributed by atoms with E-state index in [1.165, 1.54) is 5.56 Å². The van der Waals surface area contributed by atoms with E-state index in [9.17, 15) is 0 Å². The van der Waals surface area contributed by atoms with Gasteiger partial charge in [0.25, 0.3) is 0 Å². The van der Waals surface area contributed by atoms with Crippen LogP contribution in [0.2, 0.25) is 0 Å². The molecule has 1 aliphatic rings. The quantitative estimate of drug-likeness (QED) is 0.146. The van der Waals surface area contributed by atoms with E-state index in [2.05, 4.69) is 152 Å². The molecule has 62 heavy (non-hydrogen) atoms. The van der Waals surface area contributed by atoms with Crippen molar-refractivity contribution in [2.45, 2.75) is 13.1 Å². The molecule has 6 heteroatoms. The molecule has 1 atom stereocenters. The molecule has 0 amide bonds. The van der Waals surface area contributed by atoms with E-state index in [-0.39, 0.29) is 6.17 Å². The van der Waals surface area contributed by atoms with E-state index >= 15 is 0 Å². The molecule has 1 aromatic heterocycles. The Morgan fingerprint density at radius 3 is 1.42 bits per heavy atom. The Hall–Kier alpha value is -8.09. The number of benzene rings is 8. The summed E-state index contributed by atoms with van der Waals surface area (Å²) in [4.78, 5) is 27.7. The van der Waals surface area contributed by atoms with Gasteiger partial charge >= 0.3 is 0 Å². The van der Waals surface area contributed by atoms with Gasteiger partial charge in [-0.25, -0.2) is 24.9 Å². The minimum atomic E-state index is -0.317. The molecule has 8 aromatic carbocycles. The normalized spacial score (nSPS) is 13.6. The molecule has 0 radical (unpaired) electrons. The highest BCUT2D eigenvalue weighted by atomic mass is 15.3. The van der Waals surface area contributed by atoms with Gasteiger partial charge in [-0.2, -0.15) is 0 Å². The van der Waals surface area contributed by atoms with Gasteiger partial charge in [0.2, 0.25) is 0 Å². The molecule has 10 rings (SSSR count). The Morgan fingerprint density at radius 2 is 0.823 bits per heavy atom. The van der Waals surface area contributed by atoms with Crippen molar-refractivity contribution < 1.29 is 0 Å². The van der Waals surface area contributed by atoms with Crippen molar-refractivity contribution in [2.75, 3.05) is 7.05 Å². The summed E-state index contributed by atoms with van der Waals surface area (Å²) in [7, 11) is 2.10. The van der Waals surface area contributed by atoms with Crippen molar-refractivity contribution in [1.82, 2.24) is 19.9 Å². The molecule has 0 saturated heterocycles. The van der Waals surface area contributed by atoms with Crippen molar-refractivity contribution in [1.29, 1.82) is 0 Å². The number of aryl methyl sites for hydroxylation is 1. The molecule has 0 N–H and O–H groups in total. The van der Waals surface area contributed by atoms with Crippen LogP contribution in [0.3, 0.4) is 0 Å². The molecule has 2 heterocycles. The number of rotatable bonds is 9. The number of aliphatic imine (C=N–C) groups is 2. The van der Waals surface area contributed by atoms with Crippen LogP contribution in [0.4, 0.5) is 0 Å². The fourth-order valence-corrected chi connectivity index (χ4v) is 8.10. The maximum Gasteiger partial charge on any atom is 0.164 e. The first-order chi connectivity index (χ1) is 30.6. The number of hydrogen-bond acceptors (Lipinski definition) is 6. The van der Waals surface area contributed by atoms with Crippen molar-refractivity contribution in [3.05, 3.63) is 235 Å². The third-order valence-corrected chi connectivity index (χ3v) is 11.3. The maximum atomic E-state index is 5.34. The summed E-state index contributed by atoms with van der Waals surface area (Å²) in [6.07, 6.45) is -0.317. The highest BCUT2D eigenvalue weighted by Crippen LogP contribution is 2.36. The molecule has 0 aliphatic carbocycles. The molecular weight excluding hydrogens is 757 g/mol. The van der Waals surface area contributed by atoms with Crippen molar-refractivity contribution >= 4 is 11.7 Å². The van der Waals surface area contributed by atoms with Gasteiger partial charge < -0.3 is 4.90 Å². The Balaban J connectivity index is 1.02. The van der Waals surface area contributed by atoms with Crippen LogP contribution in [-0.2, 0) is 0 Å². The van der Waals surface area contributed by atoms with Crippen LogP contribution in [0.15, 0.2) is 222 Å². The largest absolute Gasteiger partial charge is 0.333 e. The van der Waals surface area contributed by atoms with E-state index in [4.69, 9.17) is 24.9 Å². The zero-order chi connectivity index (χ0) is 41.8. The first-order valence-corrected chi connectivity index (χ1v) is 20.8. The molecule has 296 valence electrons. The van der Waals surface area contributed by atoms with E-state index in [0.29, 0.717) is 23.3 Å². The van der Waals surface area contributed by atoms with Gasteiger partial charge in [-0.3, -0.25) is 0 Å². The average molecular weight is 799 g/mol. The lowest BCUT2D eigenvalue weighted by atomic mass is 9.93. The summed E-state index contributed by atoms with van der Waals surface area (Å²) in [6.45, 7) is 2.17. The SMILES string of the molecule is Cc1ccc(C2N=C(c3ccccc3)N=C(c3ccccc3-c3ccccc3)N2C)cc1-c1cccc(-c2cccc(-c3nc(-c4ccccc4)nc(-c4ccccc4)n3)c2)c1. The fraction of sp³-hybridized carbons (Fsp3) is 0.0536. The van der Waals surface area contributed by atoms with Crippen LogP contribution in [0, 0.1) is 6.92 Å². The second-order valence-corrected chi connectivity index (χ2v) is 15.4. The average Bonchev–Trinajstić information content (AvgIpc) is 3.35. The predicted octanol–water partition coefficient (Wildman–Crippen LogP) is 13.0. The third kappa shape index (κ3) is 7.73. The second kappa shape index (κ2) is 16.9. The second-order valence-electron chi connectivity index (χ2n) is 15.4. The standard InChI is InChI=1S/C56H42N6/c1-38-33-34-47(55-60-53(42-25-13-6-14-26-42)61-56(62(55)2)49-32-16-15-31-48(49)39-19-7-3-8-20-39)37-50(38)45-29-17-27-43(35-45)44-28-18-30-46(36-44)54-58-51(40-21-9-4-10-22-40)57-52(59-54)41-23-11-5-12-24-41/h3-37,55H,1-2H3. The van der Waals surface area contributed by atoms with Crippen LogP contribution in [0.1, 0.15) is 28.4 Å². The van der Waals surface area contributed by atoms with Gasteiger partial charge in [-0.1, -0.05) is 194 Å². The molecule has 1 aliphatic heterocycles. The van der Waals surface area contributed by atoms with Crippen LogP contribution in [0.25, 0.3) is 67.5 Å². The van der Waals surface area contributed by atoms with Crippen molar-refractivity contribution in [3.63, 3.8) is 0 Å². The fourth-order valence-electron chi connectivity index (χ4n) is 8.10. The van der Waals surface area contributed by atoms with E-state index in [1.807, 2.05) is 78.9 Å². The van der Waals surface area contributed by atoms with Gasteiger partial charge in [-0.15, -0.1) is 0 Å². The Bertz CT molecular complexity index is 3030. The molecule has 0 fully saturated rings. The van der Waals surface area contributed by atoms with E-state index < -0.39 is 0 Å². The Labute approximate surface area is 362 Å². The topological polar surface area (TPSA) is 66.6 Å². The summed E-state index contributed by atoms with van der Waals surface area (Å²) in [6, 6.07) is 73.4. The zero-order valence-electron chi connectivity index (χ0n) is 34.5. The summed E-state index contributed by atoms with van der Waals surface area (Å²) in [5.74, 6) is 3.48. The van der Waals surface area contributed by atoms with Crippen molar-refractivity contribution in [3.8, 4) is 67.5 Å². The Morgan fingerprint density at radius 1 is 0.371 bits per heavy atom. The zero-order valence-corrected chi connectivity index (χ0v) is 34.5. The first-order valence-electron chi connectivity index (χ1n) is 20.8. The van der Waals surface area contributed by atoms with Crippen LogP contribution in [-0.4, -0.2) is 38.6 Å². The summed E-state index contributed by atoms with van der Waals surface area (Å²) in [5.41, 5.74) is 13.8. The predicted molar refractivity (Wildman–Crippen MR) is 254 cm³/mol. The van der Waals surface area contributed by atoms with Crippen molar-refractivity contribution in [2.24, 2.45) is 9.98 Å². The number of aromatic nitrogens is 3. The minimum Gasteiger partial charge on any atom is -0.333 e. The summed E-state index contributed by atoms with van der Waals surface area (Å²) < 4.78 is 0. The highest BCUT2D eigenvalue weighted by Gasteiger charge is 2.28. The lowest BCUT2D eigenvalue weighted by molar-refractivity contribution is 0.383. The van der Waals surface area contributed by atoms with E-state index in [1.54, 1.807) is 0 Å². The molecular formula is C56H42N6. The lowest BCUT2D eigenvalue weighted by Crippen LogP contribution is -2.36. The molecule has 6 nitrogen and oxygen atoms in total. The van der Waals surface area contributed by atoms with Crippen LogP contribution in [0.5, 0.6) is 0 Å². The smallest absolute Gasteiger partial charge is 0.164 e. The highest BCUT2D eigenvalue weighted by molar-refractivity contribution is 6.15. The van der Waals surface area contributed by atoms with Crippen LogP contribution >= 0.6 is 0 Å². The summed E-state index contributed by atoms with van der Waals surface area (Å²) in [5, 5.41) is 0. The molecule has 0 spiro atoms. The minimum absolute atomic E-state index is 0.317. The van der Waals surface area contributed by atoms with Gasteiger partial charge in [0, 0.05) is 34.9 Å². The number of amidine groups is 2. The Kier molecular flexibility index (Phi) is 10.4. The summed E-state index contributed by atoms with van der Waals surface area (Å²) >= 11 is 0. The molecule has 0 bridgehead atoms. The maximum absolute atomic E-state index is 5.34. The van der Waals surface area contributed by atoms with E-state index in [0.717, 1.165) is 72.6 Å². The van der Waals surface area contributed by atoms with Gasteiger partial charge in [0.05, 0.1) is 0 Å². The monoisotopic (exact) mass is 798 g/mol. The van der Waals surface area contributed by atoms with Gasteiger partial charge in [0.1, 0.15) is 5.84 Å². The first kappa shape index (κ1) is 38.1. The number of nitrogens with zero attached hydrogens (tertiary/aromatic N) is 6.